The molecule has 7 atom stereocenters. The van der Waals surface area contributed by atoms with Crippen molar-refractivity contribution in [2.45, 2.75) is 80.9 Å². The van der Waals surface area contributed by atoms with Crippen LogP contribution in [-0.4, -0.2) is 124 Å². The fourth-order valence-electron chi connectivity index (χ4n) is 6.11. The summed E-state index contributed by atoms with van der Waals surface area (Å²) in [5.74, 6) is -6.95. The maximum atomic E-state index is 13.9. The molecule has 1 aromatic carbocycles. The number of hydrogen-bond donors (Lipinski definition) is 10. The lowest BCUT2D eigenvalue weighted by Crippen LogP contribution is -2.58. The molecule has 13 N–H and O–H groups in total. The van der Waals surface area contributed by atoms with Gasteiger partial charge in [-0.25, -0.2) is 0 Å². The lowest BCUT2D eigenvalue weighted by Gasteiger charge is -2.28. The number of thioether (sulfide) groups is 1. The highest BCUT2D eigenvalue weighted by Gasteiger charge is 2.41. The largest absolute Gasteiger partial charge is 0.391 e. The second-order valence-corrected chi connectivity index (χ2v) is 14.1. The summed E-state index contributed by atoms with van der Waals surface area (Å²) in [4.78, 5) is 108. The van der Waals surface area contributed by atoms with E-state index in [4.69, 9.17) is 17.2 Å². The average molecular weight is 759 g/mol. The van der Waals surface area contributed by atoms with E-state index in [1.807, 2.05) is 6.07 Å². The monoisotopic (exact) mass is 758 g/mol. The molecular weight excluding hydrogens is 712 g/mol. The summed E-state index contributed by atoms with van der Waals surface area (Å²) in [6.45, 7) is 2.20. The Hall–Kier alpha value is -5.21. The quantitative estimate of drug-likeness (QED) is 0.124. The molecule has 53 heavy (non-hydrogen) atoms. The van der Waals surface area contributed by atoms with Crippen LogP contribution in [0.2, 0.25) is 0 Å². The molecule has 0 spiro atoms. The molecule has 0 bridgehead atoms. The Kier molecular flexibility index (Phi) is 13.8. The van der Waals surface area contributed by atoms with E-state index >= 15 is 0 Å². The predicted octanol–water partition coefficient (Wildman–Crippen LogP) is -3.80. The summed E-state index contributed by atoms with van der Waals surface area (Å²) in [5.41, 5.74) is 18.5. The molecule has 288 valence electrons. The highest BCUT2D eigenvalue weighted by molar-refractivity contribution is 7.99. The van der Waals surface area contributed by atoms with Crippen LogP contribution in [-0.2, 0) is 44.8 Å². The lowest BCUT2D eigenvalue weighted by molar-refractivity contribution is -0.142. The molecule has 2 aliphatic heterocycles. The third kappa shape index (κ3) is 10.4. The number of primary amides is 2. The van der Waals surface area contributed by atoms with Crippen LogP contribution < -0.4 is 43.8 Å². The maximum Gasteiger partial charge on any atom is 0.246 e. The number of nitrogens with one attached hydrogen (secondary N) is 6. The fourth-order valence-corrected chi connectivity index (χ4v) is 7.23. The van der Waals surface area contributed by atoms with E-state index in [2.05, 4.69) is 31.6 Å². The number of amides is 8. The molecule has 20 heteroatoms. The highest BCUT2D eigenvalue weighted by atomic mass is 32.2. The van der Waals surface area contributed by atoms with E-state index in [0.29, 0.717) is 22.5 Å². The van der Waals surface area contributed by atoms with Crippen molar-refractivity contribution in [2.24, 2.45) is 23.1 Å². The molecule has 0 aliphatic carbocycles. The molecule has 0 saturated carbocycles. The first-order valence-electron chi connectivity index (χ1n) is 17.1. The number of β-amino-alcohol motifs (C(OH)–C–C–N with tert-alkyl or cyclic N) is 1. The van der Waals surface area contributed by atoms with Crippen molar-refractivity contribution in [2.75, 3.05) is 25.4 Å². The van der Waals surface area contributed by atoms with Gasteiger partial charge in [-0.2, -0.15) is 0 Å². The summed E-state index contributed by atoms with van der Waals surface area (Å²) < 4.78 is 0. The number of nitrogens with two attached hydrogens (primary N) is 3. The van der Waals surface area contributed by atoms with Gasteiger partial charge in [0, 0.05) is 29.6 Å². The zero-order chi connectivity index (χ0) is 39.0. The first-order valence-corrected chi connectivity index (χ1v) is 18.1. The van der Waals surface area contributed by atoms with E-state index < -0.39 is 103 Å². The third-order valence-corrected chi connectivity index (χ3v) is 10.3. The molecule has 2 aromatic rings. The number of aliphatic hydroxyl groups is 1. The van der Waals surface area contributed by atoms with Crippen LogP contribution in [0.5, 0.6) is 0 Å². The second kappa shape index (κ2) is 18.0. The number of carbonyl (C=O) groups excluding carboxylic acids is 8. The number of aliphatic hydroxyl groups excluding tert-OH is 1. The van der Waals surface area contributed by atoms with Gasteiger partial charge < -0.3 is 58.8 Å². The molecule has 3 heterocycles. The summed E-state index contributed by atoms with van der Waals surface area (Å²) >= 11 is 1.09. The third-order valence-electron chi connectivity index (χ3n) is 9.15. The van der Waals surface area contributed by atoms with Crippen molar-refractivity contribution in [1.29, 1.82) is 0 Å². The summed E-state index contributed by atoms with van der Waals surface area (Å²) in [6, 6.07) is 0.823. The van der Waals surface area contributed by atoms with Crippen LogP contribution in [0.4, 0.5) is 0 Å². The van der Waals surface area contributed by atoms with Crippen molar-refractivity contribution >= 4 is 69.9 Å². The van der Waals surface area contributed by atoms with Gasteiger partial charge in [-0.3, -0.25) is 38.4 Å². The molecule has 0 radical (unpaired) electrons. The molecule has 1 fully saturated rings. The number of nitrogens with zero attached hydrogens (tertiary/aromatic N) is 1. The predicted molar refractivity (Wildman–Crippen MR) is 191 cm³/mol. The fraction of sp³-hybridized carbons (Fsp3) is 0.515. The second-order valence-electron chi connectivity index (χ2n) is 13.1. The zero-order valence-electron chi connectivity index (χ0n) is 29.3. The molecule has 4 rings (SSSR count). The standard InChI is InChI=1S/C33H46N10O9S/c1-3-15(2)27-31(51)38-11-25(46)39-22(30(50)40-21(10-24(35)45)33(52)43-13-16(44)8-23(43)28(36)48)14-53-32-18(17-6-4-5-7-20(17)41-32)9-19(34)29(49)37-12-26(47)42-27/h4-7,15-16,19,21-23,27,41,44H,3,8-14,34H2,1-2H3,(H2,35,45)(H2,36,48)(H,37,49)(H,38,51)(H,39,46)(H,40,50)(H,42,47)/t15-,16+,19-,21?,22-,23-,27-/m0/s1. The number of carbonyl (C=O) groups is 8. The van der Waals surface area contributed by atoms with Gasteiger partial charge >= 0.3 is 0 Å². The number of aromatic amines is 1. The van der Waals surface area contributed by atoms with Gasteiger partial charge in [0.05, 0.1) is 36.7 Å². The van der Waals surface area contributed by atoms with Gasteiger partial charge in [0.1, 0.15) is 24.2 Å². The van der Waals surface area contributed by atoms with Gasteiger partial charge in [-0.05, 0) is 24.0 Å². The van der Waals surface area contributed by atoms with Gasteiger partial charge in [-0.1, -0.05) is 38.5 Å². The minimum absolute atomic E-state index is 0.0127. The van der Waals surface area contributed by atoms with E-state index in [1.54, 1.807) is 32.0 Å². The molecule has 19 nitrogen and oxygen atoms in total. The molecule has 1 aromatic heterocycles. The average Bonchev–Trinajstić information content (AvgIpc) is 3.68. The minimum Gasteiger partial charge on any atom is -0.391 e. The van der Waals surface area contributed by atoms with Crippen molar-refractivity contribution in [3.8, 4) is 0 Å². The van der Waals surface area contributed by atoms with E-state index in [0.717, 1.165) is 22.0 Å². The van der Waals surface area contributed by atoms with Crippen LogP contribution in [0.1, 0.15) is 38.7 Å². The van der Waals surface area contributed by atoms with Crippen molar-refractivity contribution in [1.82, 2.24) is 36.5 Å². The smallest absolute Gasteiger partial charge is 0.246 e. The zero-order valence-corrected chi connectivity index (χ0v) is 30.1. The molecule has 8 amide bonds. The highest BCUT2D eigenvalue weighted by Crippen LogP contribution is 2.31. The number of fused-ring (bicyclic) bond motifs is 3. The van der Waals surface area contributed by atoms with Crippen LogP contribution in [0.3, 0.4) is 0 Å². The SMILES string of the molecule is CC[C@H](C)[C@@H]1NC(=O)CNC(=O)[C@@H](N)Cc2c([nH]c3ccccc23)SC[C@@H](C(=O)NC(CC(N)=O)C(=O)N2C[C@H](O)C[C@H]2C(N)=O)NC(=O)CNC1=O. The first-order chi connectivity index (χ1) is 25.1. The normalized spacial score (nSPS) is 24.7. The molecule has 1 unspecified atom stereocenters. The summed E-state index contributed by atoms with van der Waals surface area (Å²) in [6.07, 6.45) is -1.40. The number of aromatic nitrogens is 1. The Labute approximate surface area is 308 Å². The van der Waals surface area contributed by atoms with Crippen LogP contribution in [0.25, 0.3) is 10.9 Å². The minimum atomic E-state index is -1.60. The van der Waals surface area contributed by atoms with Crippen LogP contribution in [0.15, 0.2) is 29.3 Å². The van der Waals surface area contributed by atoms with Gasteiger partial charge in [-0.15, -0.1) is 11.8 Å². The molecular formula is C33H46N10O9S. The maximum absolute atomic E-state index is 13.9. The Balaban J connectivity index is 1.67. The van der Waals surface area contributed by atoms with E-state index in [1.165, 1.54) is 0 Å². The number of benzene rings is 1. The van der Waals surface area contributed by atoms with Gasteiger partial charge in [0.25, 0.3) is 0 Å². The molecule has 1 saturated heterocycles. The molecule has 2 aliphatic rings. The summed E-state index contributed by atoms with van der Waals surface area (Å²) in [7, 11) is 0. The number of para-hydroxylation sites is 1. The van der Waals surface area contributed by atoms with Gasteiger partial charge in [0.2, 0.25) is 47.3 Å². The van der Waals surface area contributed by atoms with Crippen molar-refractivity contribution in [3.63, 3.8) is 0 Å². The van der Waals surface area contributed by atoms with Crippen molar-refractivity contribution < 1.29 is 43.5 Å². The lowest BCUT2D eigenvalue weighted by atomic mass is 9.98. The Bertz CT molecular complexity index is 1750. The van der Waals surface area contributed by atoms with E-state index in [9.17, 15) is 43.5 Å². The van der Waals surface area contributed by atoms with Gasteiger partial charge in [0.15, 0.2) is 0 Å². The number of rotatable bonds is 8. The first kappa shape index (κ1) is 40.6. The number of hydrogen-bond acceptors (Lipinski definition) is 11. The van der Waals surface area contributed by atoms with E-state index in [-0.39, 0.29) is 31.1 Å². The Morgan fingerprint density at radius 1 is 1.02 bits per heavy atom. The van der Waals surface area contributed by atoms with Crippen LogP contribution in [0, 0.1) is 5.92 Å². The van der Waals surface area contributed by atoms with Crippen molar-refractivity contribution in [3.05, 3.63) is 29.8 Å². The Morgan fingerprint density at radius 2 is 1.68 bits per heavy atom. The topological polar surface area (TPSA) is 314 Å². The number of H-pyrrole nitrogens is 1. The summed E-state index contributed by atoms with van der Waals surface area (Å²) in [5, 5.41) is 24.0. The van der Waals surface area contributed by atoms with Crippen LogP contribution >= 0.6 is 11.8 Å². The number of likely N-dealkylation sites (tertiary alicyclic amines) is 1. The Morgan fingerprint density at radius 3 is 2.34 bits per heavy atom.